The van der Waals surface area contributed by atoms with Crippen LogP contribution in [0.4, 0.5) is 0 Å². The van der Waals surface area contributed by atoms with Crippen molar-refractivity contribution in [2.45, 2.75) is 19.9 Å². The molecule has 1 amide bonds. The van der Waals surface area contributed by atoms with E-state index in [-0.39, 0.29) is 11.9 Å². The molecule has 0 saturated heterocycles. The van der Waals surface area contributed by atoms with Crippen LogP contribution in [0.3, 0.4) is 0 Å². The number of benzene rings is 1. The lowest BCUT2D eigenvalue weighted by Gasteiger charge is -2.19. The average molecular weight is 443 g/mol. The third-order valence-electron chi connectivity index (χ3n) is 2.39. The molecule has 1 N–H and O–H groups in total. The van der Waals surface area contributed by atoms with E-state index in [9.17, 15) is 4.79 Å². The molecule has 4 heteroatoms. The molecule has 0 heterocycles. The summed E-state index contributed by atoms with van der Waals surface area (Å²) in [5.41, 5.74) is 0.732. The van der Waals surface area contributed by atoms with Gasteiger partial charge in [0.2, 0.25) is 0 Å². The highest BCUT2D eigenvalue weighted by Crippen LogP contribution is 2.09. The Hall–Kier alpha value is 0.150. The van der Waals surface area contributed by atoms with Crippen LogP contribution in [0.15, 0.2) is 24.3 Å². The molecule has 0 spiro atoms. The lowest BCUT2D eigenvalue weighted by atomic mass is 10.1. The maximum atomic E-state index is 11.9. The minimum Gasteiger partial charge on any atom is -0.348 e. The van der Waals surface area contributed by atoms with Gasteiger partial charge in [-0.05, 0) is 52.8 Å². The molecule has 0 bridgehead atoms. The summed E-state index contributed by atoms with van der Waals surface area (Å²) >= 11 is 4.54. The number of carbonyl (C=O) groups is 1. The van der Waals surface area contributed by atoms with Crippen LogP contribution in [0, 0.1) is 9.49 Å². The van der Waals surface area contributed by atoms with Crippen molar-refractivity contribution in [3.8, 4) is 0 Å². The molecule has 0 aromatic heterocycles. The Labute approximate surface area is 124 Å². The van der Waals surface area contributed by atoms with E-state index in [2.05, 4.69) is 64.3 Å². The van der Waals surface area contributed by atoms with Crippen molar-refractivity contribution in [2.75, 3.05) is 4.43 Å². The van der Waals surface area contributed by atoms with Gasteiger partial charge in [-0.1, -0.05) is 36.4 Å². The first kappa shape index (κ1) is 14.2. The molecule has 0 aliphatic heterocycles. The van der Waals surface area contributed by atoms with Gasteiger partial charge in [0.05, 0.1) is 0 Å². The molecule has 1 atom stereocenters. The van der Waals surface area contributed by atoms with Gasteiger partial charge >= 0.3 is 0 Å². The lowest BCUT2D eigenvalue weighted by Crippen LogP contribution is -2.39. The van der Waals surface area contributed by atoms with E-state index in [1.54, 1.807) is 0 Å². The highest BCUT2D eigenvalue weighted by molar-refractivity contribution is 14.1. The van der Waals surface area contributed by atoms with Crippen LogP contribution in [-0.4, -0.2) is 16.4 Å². The standard InChI is InChI=1S/C12H15I2NO/c1-8(2)11(7-13)15-12(16)9-3-5-10(14)6-4-9/h3-6,8,11H,7H2,1-2H3,(H,15,16). The molecule has 1 rings (SSSR count). The fourth-order valence-electron chi connectivity index (χ4n) is 1.24. The maximum Gasteiger partial charge on any atom is 0.251 e. The molecule has 2 nitrogen and oxygen atoms in total. The zero-order valence-electron chi connectivity index (χ0n) is 9.34. The molecule has 0 fully saturated rings. The Morgan fingerprint density at radius 3 is 2.31 bits per heavy atom. The predicted octanol–water partition coefficient (Wildman–Crippen LogP) is 3.48. The van der Waals surface area contributed by atoms with Crippen molar-refractivity contribution < 1.29 is 4.79 Å². The van der Waals surface area contributed by atoms with Gasteiger partial charge in [-0.3, -0.25) is 4.79 Å². The van der Waals surface area contributed by atoms with Crippen LogP contribution >= 0.6 is 45.2 Å². The second-order valence-electron chi connectivity index (χ2n) is 3.99. The fraction of sp³-hybridized carbons (Fsp3) is 0.417. The summed E-state index contributed by atoms with van der Waals surface area (Å²) in [6, 6.07) is 7.87. The second-order valence-corrected chi connectivity index (χ2v) is 6.11. The van der Waals surface area contributed by atoms with Crippen molar-refractivity contribution in [2.24, 2.45) is 5.92 Å². The number of amides is 1. The van der Waals surface area contributed by atoms with Crippen molar-refractivity contribution in [3.05, 3.63) is 33.4 Å². The van der Waals surface area contributed by atoms with Gasteiger partial charge in [-0.25, -0.2) is 0 Å². The summed E-state index contributed by atoms with van der Waals surface area (Å²) in [5.74, 6) is 0.483. The van der Waals surface area contributed by atoms with Crippen LogP contribution in [0.2, 0.25) is 0 Å². The van der Waals surface area contributed by atoms with Gasteiger partial charge in [-0.2, -0.15) is 0 Å². The molecule has 1 aromatic carbocycles. The normalized spacial score (nSPS) is 12.6. The van der Waals surface area contributed by atoms with Gasteiger partial charge in [0.1, 0.15) is 0 Å². The minimum absolute atomic E-state index is 0.0202. The quantitative estimate of drug-likeness (QED) is 0.561. The molecular formula is C12H15I2NO. The number of nitrogens with one attached hydrogen (secondary N) is 1. The maximum absolute atomic E-state index is 11.9. The molecule has 1 aromatic rings. The summed E-state index contributed by atoms with van der Waals surface area (Å²) in [6.45, 7) is 4.25. The van der Waals surface area contributed by atoms with Crippen LogP contribution in [0.5, 0.6) is 0 Å². The van der Waals surface area contributed by atoms with E-state index in [1.807, 2.05) is 24.3 Å². The molecule has 16 heavy (non-hydrogen) atoms. The van der Waals surface area contributed by atoms with Crippen molar-refractivity contribution in [1.29, 1.82) is 0 Å². The molecular weight excluding hydrogens is 428 g/mol. The van der Waals surface area contributed by atoms with Crippen molar-refractivity contribution in [3.63, 3.8) is 0 Å². The van der Waals surface area contributed by atoms with Gasteiger partial charge in [-0.15, -0.1) is 0 Å². The highest BCUT2D eigenvalue weighted by Gasteiger charge is 2.15. The first-order valence-corrected chi connectivity index (χ1v) is 7.77. The first-order valence-electron chi connectivity index (χ1n) is 5.17. The summed E-state index contributed by atoms with van der Waals surface area (Å²) in [4.78, 5) is 11.9. The monoisotopic (exact) mass is 443 g/mol. The number of carbonyl (C=O) groups excluding carboxylic acids is 1. The summed E-state index contributed by atoms with van der Waals surface area (Å²) in [7, 11) is 0. The fourth-order valence-corrected chi connectivity index (χ4v) is 2.83. The number of hydrogen-bond acceptors (Lipinski definition) is 1. The number of hydrogen-bond donors (Lipinski definition) is 1. The summed E-state index contributed by atoms with van der Waals surface area (Å²) < 4.78 is 2.08. The topological polar surface area (TPSA) is 29.1 Å². The largest absolute Gasteiger partial charge is 0.348 e. The van der Waals surface area contributed by atoms with Crippen molar-refractivity contribution in [1.82, 2.24) is 5.32 Å². The number of alkyl halides is 1. The average Bonchev–Trinajstić information content (AvgIpc) is 2.26. The Morgan fingerprint density at radius 2 is 1.88 bits per heavy atom. The van der Waals surface area contributed by atoms with E-state index in [1.165, 1.54) is 0 Å². The third kappa shape index (κ3) is 4.20. The Kier molecular flexibility index (Phi) is 6.02. The zero-order valence-corrected chi connectivity index (χ0v) is 13.7. The van der Waals surface area contributed by atoms with Crippen LogP contribution in [0.1, 0.15) is 24.2 Å². The Bertz CT molecular complexity index is 349. The van der Waals surface area contributed by atoms with Crippen LogP contribution in [-0.2, 0) is 0 Å². The first-order chi connectivity index (χ1) is 7.54. The van der Waals surface area contributed by atoms with E-state index in [0.717, 1.165) is 13.6 Å². The highest BCUT2D eigenvalue weighted by atomic mass is 127. The van der Waals surface area contributed by atoms with E-state index in [0.29, 0.717) is 5.92 Å². The molecule has 0 aliphatic carbocycles. The number of halogens is 2. The molecule has 0 aliphatic rings. The SMILES string of the molecule is CC(C)C(CI)NC(=O)c1ccc(I)cc1. The predicted molar refractivity (Wildman–Crippen MR) is 84.1 cm³/mol. The van der Waals surface area contributed by atoms with E-state index in [4.69, 9.17) is 0 Å². The Morgan fingerprint density at radius 1 is 1.31 bits per heavy atom. The minimum atomic E-state index is 0.0202. The van der Waals surface area contributed by atoms with Crippen molar-refractivity contribution >= 4 is 51.1 Å². The zero-order chi connectivity index (χ0) is 12.1. The van der Waals surface area contributed by atoms with Gasteiger partial charge in [0.15, 0.2) is 0 Å². The lowest BCUT2D eigenvalue weighted by molar-refractivity contribution is 0.0932. The summed E-state index contributed by atoms with van der Waals surface area (Å²) in [6.07, 6.45) is 0. The number of rotatable bonds is 4. The molecule has 88 valence electrons. The third-order valence-corrected chi connectivity index (χ3v) is 4.06. The second kappa shape index (κ2) is 6.78. The van der Waals surface area contributed by atoms with Gasteiger partial charge in [0.25, 0.3) is 5.91 Å². The summed E-state index contributed by atoms with van der Waals surface area (Å²) in [5, 5.41) is 3.05. The van der Waals surface area contributed by atoms with E-state index >= 15 is 0 Å². The van der Waals surface area contributed by atoms with E-state index < -0.39 is 0 Å². The molecule has 1 unspecified atom stereocenters. The van der Waals surface area contributed by atoms with Crippen LogP contribution < -0.4 is 5.32 Å². The van der Waals surface area contributed by atoms with Gasteiger partial charge in [0, 0.05) is 19.6 Å². The smallest absolute Gasteiger partial charge is 0.251 e. The van der Waals surface area contributed by atoms with Gasteiger partial charge < -0.3 is 5.32 Å². The molecule has 0 radical (unpaired) electrons. The van der Waals surface area contributed by atoms with Crippen LogP contribution in [0.25, 0.3) is 0 Å². The Balaban J connectivity index is 2.68. The molecule has 0 saturated carbocycles.